The number of hydrogen-bond acceptors (Lipinski definition) is 10. The van der Waals surface area contributed by atoms with Gasteiger partial charge in [-0.15, -0.1) is 0 Å². The highest BCUT2D eigenvalue weighted by Gasteiger charge is 2.37. The van der Waals surface area contributed by atoms with Gasteiger partial charge >= 0.3 is 12.2 Å². The molecule has 4 N–H and O–H groups in total. The number of methoxy groups -OCH3 is 2. The molecule has 5 heterocycles. The fourth-order valence-corrected chi connectivity index (χ4v) is 7.31. The number of imidazole rings is 2. The third-order valence-corrected chi connectivity index (χ3v) is 10.2. The van der Waals surface area contributed by atoms with Crippen LogP contribution in [0.5, 0.6) is 0 Å². The van der Waals surface area contributed by atoms with Crippen LogP contribution in [0, 0.1) is 5.92 Å². The molecule has 2 aliphatic rings. The van der Waals surface area contributed by atoms with Crippen LogP contribution in [0.2, 0.25) is 0 Å². The first-order valence-electron chi connectivity index (χ1n) is 18.4. The summed E-state index contributed by atoms with van der Waals surface area (Å²) >= 11 is 0. The van der Waals surface area contributed by atoms with Crippen molar-refractivity contribution in [3.63, 3.8) is 0 Å². The highest BCUT2D eigenvalue weighted by atomic mass is 16.5. The van der Waals surface area contributed by atoms with Gasteiger partial charge in [0.1, 0.15) is 24.2 Å². The number of carbonyl (C=O) groups excluding carboxylic acids is 4. The van der Waals surface area contributed by atoms with Gasteiger partial charge in [0.05, 0.1) is 49.2 Å². The number of carbonyl (C=O) groups is 4. The molecule has 0 aliphatic carbocycles. The number of nitrogens with one attached hydrogen (secondary N) is 4. The smallest absolute Gasteiger partial charge is 0.407 e. The molecule has 3 atom stereocenters. The van der Waals surface area contributed by atoms with Gasteiger partial charge in [-0.1, -0.05) is 44.2 Å². The predicted molar refractivity (Wildman–Crippen MR) is 202 cm³/mol. The molecule has 16 nitrogen and oxygen atoms in total. The third-order valence-electron chi connectivity index (χ3n) is 10.2. The average Bonchev–Trinajstić information content (AvgIpc) is 4.04. The van der Waals surface area contributed by atoms with Gasteiger partial charge in [0.25, 0.3) is 0 Å². The summed E-state index contributed by atoms with van der Waals surface area (Å²) in [5, 5.41) is 5.15. The van der Waals surface area contributed by atoms with Crippen molar-refractivity contribution in [2.45, 2.75) is 57.7 Å². The van der Waals surface area contributed by atoms with Crippen LogP contribution in [0.4, 0.5) is 9.59 Å². The van der Waals surface area contributed by atoms with Gasteiger partial charge in [0.2, 0.25) is 11.8 Å². The number of benzene rings is 2. The predicted octanol–water partition coefficient (Wildman–Crippen LogP) is 5.14. The molecule has 2 aliphatic heterocycles. The van der Waals surface area contributed by atoms with Crippen molar-refractivity contribution >= 4 is 35.0 Å². The molecule has 0 spiro atoms. The zero-order chi connectivity index (χ0) is 38.6. The van der Waals surface area contributed by atoms with Crippen molar-refractivity contribution in [1.82, 2.24) is 50.3 Å². The van der Waals surface area contributed by atoms with E-state index in [4.69, 9.17) is 9.72 Å². The molecule has 4 amide bonds. The Balaban J connectivity index is 1.01. The van der Waals surface area contributed by atoms with E-state index in [1.54, 1.807) is 28.4 Å². The largest absolute Gasteiger partial charge is 0.453 e. The van der Waals surface area contributed by atoms with E-state index < -0.39 is 18.2 Å². The third kappa shape index (κ3) is 7.84. The van der Waals surface area contributed by atoms with E-state index in [1.807, 2.05) is 56.3 Å². The zero-order valence-electron chi connectivity index (χ0n) is 31.2. The maximum Gasteiger partial charge on any atom is 0.407 e. The van der Waals surface area contributed by atoms with E-state index in [2.05, 4.69) is 40.3 Å². The first-order chi connectivity index (χ1) is 26.6. The second-order valence-corrected chi connectivity index (χ2v) is 14.0. The number of alkyl carbamates (subject to hydrolysis) is 2. The quantitative estimate of drug-likeness (QED) is 0.148. The van der Waals surface area contributed by atoms with Crippen molar-refractivity contribution in [2.75, 3.05) is 33.9 Å². The zero-order valence-corrected chi connectivity index (χ0v) is 31.2. The second-order valence-electron chi connectivity index (χ2n) is 14.0. The number of ether oxygens (including phenoxy) is 2. The van der Waals surface area contributed by atoms with Gasteiger partial charge in [-0.3, -0.25) is 9.59 Å². The summed E-state index contributed by atoms with van der Waals surface area (Å²) in [6, 6.07) is 12.7. The molecule has 1 unspecified atom stereocenters. The standard InChI is InChI=1S/C39H44N10O6/c1-22(2)33(47-39(53)55-4)37(51)49-16-6-7-30(49)35-42-20-29(46-35)23-9-11-24(12-10-23)34-40-18-26(19-41-34)25-13-14-27-28(17-25)45-36(44-27)31-8-5-15-48(31)32(50)21-43-38(52)54-3/h9-14,17-20,22,30-31,33H,5-8,15-16,21H2,1-4H3,(H,42,46)(H,43,52)(H,44,45)(H,47,53)/t30?,31-,33-/m0/s1. The summed E-state index contributed by atoms with van der Waals surface area (Å²) in [5.74, 6) is 1.54. The molecule has 2 aromatic carbocycles. The number of hydrogen-bond donors (Lipinski definition) is 4. The molecule has 7 rings (SSSR count). The lowest BCUT2D eigenvalue weighted by Crippen LogP contribution is -2.51. The Morgan fingerprint density at radius 2 is 1.44 bits per heavy atom. The Kier molecular flexibility index (Phi) is 10.7. The molecule has 2 fully saturated rings. The van der Waals surface area contributed by atoms with Crippen LogP contribution in [-0.2, 0) is 19.1 Å². The highest BCUT2D eigenvalue weighted by Crippen LogP contribution is 2.34. The minimum Gasteiger partial charge on any atom is -0.453 e. The summed E-state index contributed by atoms with van der Waals surface area (Å²) in [6.45, 7) is 4.82. The molecule has 2 saturated heterocycles. The molecule has 0 radical (unpaired) electrons. The lowest BCUT2D eigenvalue weighted by Gasteiger charge is -2.30. The van der Waals surface area contributed by atoms with Crippen LogP contribution in [0.15, 0.2) is 61.1 Å². The maximum absolute atomic E-state index is 13.5. The van der Waals surface area contributed by atoms with E-state index in [0.29, 0.717) is 30.6 Å². The Bertz CT molecular complexity index is 2180. The normalized spacial score (nSPS) is 17.4. The molecule has 16 heteroatoms. The van der Waals surface area contributed by atoms with Crippen LogP contribution < -0.4 is 10.6 Å². The maximum atomic E-state index is 13.5. The average molecular weight is 749 g/mol. The van der Waals surface area contributed by atoms with E-state index >= 15 is 0 Å². The van der Waals surface area contributed by atoms with Crippen LogP contribution in [0.25, 0.3) is 44.8 Å². The summed E-state index contributed by atoms with van der Waals surface area (Å²) in [5.41, 5.74) is 5.99. The lowest BCUT2D eigenvalue weighted by molar-refractivity contribution is -0.135. The Labute approximate surface area is 317 Å². The van der Waals surface area contributed by atoms with E-state index in [9.17, 15) is 19.2 Å². The summed E-state index contributed by atoms with van der Waals surface area (Å²) < 4.78 is 9.33. The van der Waals surface area contributed by atoms with Gasteiger partial charge in [0, 0.05) is 36.6 Å². The summed E-state index contributed by atoms with van der Waals surface area (Å²) in [6.07, 6.45) is 7.30. The van der Waals surface area contributed by atoms with Crippen LogP contribution >= 0.6 is 0 Å². The summed E-state index contributed by atoms with van der Waals surface area (Å²) in [7, 11) is 2.54. The number of nitrogens with zero attached hydrogens (tertiary/aromatic N) is 6. The number of aromatic nitrogens is 6. The number of likely N-dealkylation sites (tertiary alicyclic amines) is 2. The SMILES string of the molecule is COC(=O)NCC(=O)N1CCC[C@H]1c1nc2ccc(-c3cnc(-c4ccc(-c5cnc(C6CCCN6C(=O)[C@@H](NC(=O)OC)C(C)C)[nH]5)cc4)nc3)cc2[nH]1. The van der Waals surface area contributed by atoms with Gasteiger partial charge < -0.3 is 39.9 Å². The molecule has 3 aromatic heterocycles. The van der Waals surface area contributed by atoms with Gasteiger partial charge in [-0.25, -0.2) is 29.5 Å². The fraction of sp³-hybridized carbons (Fsp3) is 0.385. The fourth-order valence-electron chi connectivity index (χ4n) is 7.31. The Morgan fingerprint density at radius 3 is 2.13 bits per heavy atom. The molecule has 55 heavy (non-hydrogen) atoms. The molecule has 286 valence electrons. The van der Waals surface area contributed by atoms with Crippen LogP contribution in [0.3, 0.4) is 0 Å². The molecule has 0 saturated carbocycles. The first-order valence-corrected chi connectivity index (χ1v) is 18.4. The van der Waals surface area contributed by atoms with Crippen molar-refractivity contribution < 1.29 is 28.7 Å². The van der Waals surface area contributed by atoms with Crippen molar-refractivity contribution in [3.05, 3.63) is 72.7 Å². The van der Waals surface area contributed by atoms with Crippen molar-refractivity contribution in [2.24, 2.45) is 5.92 Å². The number of fused-ring (bicyclic) bond motifs is 1. The molecular weight excluding hydrogens is 704 g/mol. The first kappa shape index (κ1) is 37.0. The number of amides is 4. The van der Waals surface area contributed by atoms with Gasteiger partial charge in [-0.05, 0) is 54.9 Å². The van der Waals surface area contributed by atoms with Crippen LogP contribution in [0.1, 0.15) is 63.3 Å². The minimum absolute atomic E-state index is 0.112. The lowest BCUT2D eigenvalue weighted by atomic mass is 10.0. The van der Waals surface area contributed by atoms with Crippen molar-refractivity contribution in [3.8, 4) is 33.8 Å². The summed E-state index contributed by atoms with van der Waals surface area (Å²) in [4.78, 5) is 78.8. The molecular formula is C39H44N10O6. The number of aromatic amines is 2. The minimum atomic E-state index is -0.696. The Hall–Kier alpha value is -6.32. The van der Waals surface area contributed by atoms with E-state index in [0.717, 1.165) is 64.7 Å². The number of H-pyrrole nitrogens is 2. The molecule has 5 aromatic rings. The monoisotopic (exact) mass is 748 g/mol. The van der Waals surface area contributed by atoms with E-state index in [1.165, 1.54) is 14.2 Å². The second kappa shape index (κ2) is 16.0. The van der Waals surface area contributed by atoms with Crippen LogP contribution in [-0.4, -0.2) is 104 Å². The van der Waals surface area contributed by atoms with Gasteiger partial charge in [-0.2, -0.15) is 0 Å². The number of rotatable bonds is 10. The van der Waals surface area contributed by atoms with E-state index in [-0.39, 0.29) is 36.4 Å². The molecule has 0 bridgehead atoms. The van der Waals surface area contributed by atoms with Crippen molar-refractivity contribution in [1.29, 1.82) is 0 Å². The highest BCUT2D eigenvalue weighted by molar-refractivity contribution is 5.87. The Morgan fingerprint density at radius 1 is 0.782 bits per heavy atom. The van der Waals surface area contributed by atoms with Gasteiger partial charge in [0.15, 0.2) is 5.82 Å². The topological polar surface area (TPSA) is 200 Å².